The molecule has 14 heteroatoms. The number of hydrogen-bond acceptors (Lipinski definition) is 9. The van der Waals surface area contributed by atoms with Crippen molar-refractivity contribution in [3.63, 3.8) is 0 Å². The Morgan fingerprint density at radius 3 is 2.11 bits per heavy atom. The van der Waals surface area contributed by atoms with Gasteiger partial charge in [-0.15, -0.1) is 0 Å². The second-order valence-corrected chi connectivity index (χ2v) is 25.1. The second kappa shape index (κ2) is 26.0. The third kappa shape index (κ3) is 19.0. The van der Waals surface area contributed by atoms with Crippen molar-refractivity contribution in [2.24, 2.45) is 17.8 Å². The molecule has 0 spiro atoms. The van der Waals surface area contributed by atoms with Crippen molar-refractivity contribution in [2.45, 2.75) is 197 Å². The molecule has 352 valence electrons. The van der Waals surface area contributed by atoms with E-state index in [0.29, 0.717) is 70.8 Å². The van der Waals surface area contributed by atoms with Crippen molar-refractivity contribution >= 4 is 74.8 Å². The second-order valence-electron chi connectivity index (χ2n) is 19.7. The van der Waals surface area contributed by atoms with Crippen LogP contribution in [0.1, 0.15) is 153 Å². The van der Waals surface area contributed by atoms with Crippen LogP contribution < -0.4 is 10.6 Å². The Hall–Kier alpha value is -2.31. The van der Waals surface area contributed by atoms with E-state index in [-0.39, 0.29) is 35.7 Å². The highest BCUT2D eigenvalue weighted by Crippen LogP contribution is 2.44. The summed E-state index contributed by atoms with van der Waals surface area (Å²) in [5.41, 5.74) is -0.834. The Labute approximate surface area is 400 Å². The molecule has 3 rings (SSSR count). The number of carbonyl (C=O) groups excluding carboxylic acids is 5. The molecule has 2 fully saturated rings. The number of carbonyl (C=O) groups is 5. The van der Waals surface area contributed by atoms with Crippen LogP contribution in [0.15, 0.2) is 42.5 Å². The maximum atomic E-state index is 14.4. The first-order valence-electron chi connectivity index (χ1n) is 22.6. The molecule has 12 nitrogen and oxygen atoms in total. The zero-order valence-electron chi connectivity index (χ0n) is 39.6. The number of hydroxylamine groups is 2. The van der Waals surface area contributed by atoms with Gasteiger partial charge in [0.15, 0.2) is 0 Å². The zero-order valence-corrected chi connectivity index (χ0v) is 43.9. The standard InChI is InChI=1S/C45H72N4O8.C3H6I2/c1-30(2)27-34(46-42(54)57-43(5,6)7)25-24-33(28-32-19-14-12-15-20-32)40(52)48-26-18-22-37(48)39(51)47-36(41(53)56-31(3)4)21-16-13-17-23-38(50)35-29-44(8,9)49(55)45(35,10)11;1-2-3(4)5/h12,14-15,19-20,24-25,30-31,33-37,55H,13,16-18,21-23,26-29H2,1-11H3,(H,46,54)(H,47,51);3H,2H2,1H3/b25-24+;/t33-,34-,35?,36+,37+;/m1./s1. The minimum absolute atomic E-state index is 0.120. The molecule has 1 aromatic carbocycles. The van der Waals surface area contributed by atoms with E-state index >= 15 is 0 Å². The molecule has 2 aliphatic rings. The molecule has 2 saturated heterocycles. The van der Waals surface area contributed by atoms with E-state index < -0.39 is 52.7 Å². The average molecular weight is 1090 g/mol. The minimum atomic E-state index is -0.901. The van der Waals surface area contributed by atoms with Gasteiger partial charge in [0.05, 0.1) is 25.5 Å². The molecular formula is C48H78I2N4O8. The summed E-state index contributed by atoms with van der Waals surface area (Å²) >= 11 is 4.79. The Morgan fingerprint density at radius 1 is 0.952 bits per heavy atom. The topological polar surface area (TPSA) is 155 Å². The van der Waals surface area contributed by atoms with E-state index in [0.717, 1.165) is 7.49 Å². The molecule has 3 amide bonds. The SMILES string of the molecule is CC(C)C[C@@H](/C=C/[C@H](Cc1ccccc1)C(=O)N1CCC[C@H]1C(=O)N[C@@H](CCCCCC(=O)C1CC(C)(C)N(O)C1(C)C)C(=O)OC(C)C)NC(=O)OC(C)(C)C.CCC(I)I. The summed E-state index contributed by atoms with van der Waals surface area (Å²) in [6.45, 7) is 23.3. The summed E-state index contributed by atoms with van der Waals surface area (Å²) in [6, 6.07) is 7.66. The fourth-order valence-corrected chi connectivity index (χ4v) is 8.14. The molecule has 0 aliphatic carbocycles. The van der Waals surface area contributed by atoms with E-state index in [4.69, 9.17) is 9.47 Å². The van der Waals surface area contributed by atoms with Crippen molar-refractivity contribution in [3.8, 4) is 0 Å². The number of ketones is 1. The molecule has 1 unspecified atom stereocenters. The summed E-state index contributed by atoms with van der Waals surface area (Å²) in [4.78, 5) is 69.2. The summed E-state index contributed by atoms with van der Waals surface area (Å²) < 4.78 is 11.9. The van der Waals surface area contributed by atoms with Crippen LogP contribution in [0, 0.1) is 17.8 Å². The van der Waals surface area contributed by atoms with Crippen molar-refractivity contribution in [1.82, 2.24) is 20.6 Å². The first-order chi connectivity index (χ1) is 28.8. The maximum absolute atomic E-state index is 14.4. The molecule has 1 aromatic rings. The molecule has 0 saturated carbocycles. The number of unbranched alkanes of at least 4 members (excludes halogenated alkanes) is 2. The summed E-state index contributed by atoms with van der Waals surface area (Å²) in [7, 11) is 0. The van der Waals surface area contributed by atoms with Gasteiger partial charge in [-0.1, -0.05) is 121 Å². The summed E-state index contributed by atoms with van der Waals surface area (Å²) in [5, 5.41) is 17.8. The summed E-state index contributed by atoms with van der Waals surface area (Å²) in [6.07, 6.45) is 9.40. The molecule has 0 bridgehead atoms. The molecule has 0 radical (unpaired) electrons. The minimum Gasteiger partial charge on any atom is -0.461 e. The molecular weight excluding hydrogens is 1010 g/mol. The van der Waals surface area contributed by atoms with Gasteiger partial charge >= 0.3 is 12.1 Å². The third-order valence-electron chi connectivity index (χ3n) is 11.2. The molecule has 0 aromatic heterocycles. The highest BCUT2D eigenvalue weighted by molar-refractivity contribution is 14.2. The Bertz CT molecular complexity index is 1610. The van der Waals surface area contributed by atoms with Crippen LogP contribution in [0.5, 0.6) is 0 Å². The van der Waals surface area contributed by atoms with Crippen LogP contribution in [0.4, 0.5) is 4.79 Å². The predicted molar refractivity (Wildman–Crippen MR) is 263 cm³/mol. The van der Waals surface area contributed by atoms with Gasteiger partial charge < -0.3 is 30.2 Å². The first kappa shape index (κ1) is 55.8. The van der Waals surface area contributed by atoms with Gasteiger partial charge in [0.2, 0.25) is 11.8 Å². The Balaban J connectivity index is 0.00000249. The fourth-order valence-electron chi connectivity index (χ4n) is 8.14. The number of rotatable bonds is 20. The third-order valence-corrected chi connectivity index (χ3v) is 13.0. The van der Waals surface area contributed by atoms with Crippen LogP contribution in [0.2, 0.25) is 0 Å². The molecule has 2 aliphatic heterocycles. The smallest absolute Gasteiger partial charge is 0.408 e. The summed E-state index contributed by atoms with van der Waals surface area (Å²) in [5.74, 6) is -1.63. The maximum Gasteiger partial charge on any atom is 0.408 e. The first-order valence-corrected chi connectivity index (χ1v) is 25.1. The number of alkyl halides is 2. The lowest BCUT2D eigenvalue weighted by Crippen LogP contribution is -2.52. The molecule has 62 heavy (non-hydrogen) atoms. The predicted octanol–water partition coefficient (Wildman–Crippen LogP) is 10.1. The monoisotopic (exact) mass is 1090 g/mol. The number of esters is 1. The number of halogens is 2. The number of benzene rings is 1. The van der Waals surface area contributed by atoms with Crippen LogP contribution in [0.3, 0.4) is 0 Å². The average Bonchev–Trinajstić information content (AvgIpc) is 3.72. The van der Waals surface area contributed by atoms with E-state index in [2.05, 4.69) is 76.6 Å². The van der Waals surface area contributed by atoms with E-state index in [1.54, 1.807) is 18.7 Å². The molecule has 2 heterocycles. The van der Waals surface area contributed by atoms with Gasteiger partial charge in [-0.25, -0.2) is 9.59 Å². The van der Waals surface area contributed by atoms with Gasteiger partial charge in [0, 0.05) is 24.4 Å². The normalized spacial score (nSPS) is 20.1. The van der Waals surface area contributed by atoms with Gasteiger partial charge in [-0.05, 0) is 125 Å². The van der Waals surface area contributed by atoms with Gasteiger partial charge in [0.1, 0.15) is 23.5 Å². The number of alkyl carbamates (subject to hydrolysis) is 1. The molecule has 5 atom stereocenters. The van der Waals surface area contributed by atoms with Crippen molar-refractivity contribution in [1.29, 1.82) is 0 Å². The van der Waals surface area contributed by atoms with Gasteiger partial charge in [0.25, 0.3) is 0 Å². The lowest BCUT2D eigenvalue weighted by atomic mass is 9.82. The van der Waals surface area contributed by atoms with E-state index in [9.17, 15) is 29.2 Å². The number of Topliss-reactive ketones (excluding diaryl/α,β-unsaturated/α-hetero) is 1. The number of nitrogens with zero attached hydrogens (tertiary/aromatic N) is 2. The van der Waals surface area contributed by atoms with Crippen LogP contribution in [-0.2, 0) is 35.1 Å². The number of likely N-dealkylation sites (tertiary alicyclic amines) is 1. The number of ether oxygens (including phenoxy) is 2. The lowest BCUT2D eigenvalue weighted by molar-refractivity contribution is -0.197. The zero-order chi connectivity index (χ0) is 47.0. The Kier molecular flexibility index (Phi) is 23.4. The van der Waals surface area contributed by atoms with Crippen molar-refractivity contribution in [2.75, 3.05) is 6.54 Å². The lowest BCUT2D eigenvalue weighted by Gasteiger charge is -2.35. The van der Waals surface area contributed by atoms with Crippen LogP contribution >= 0.6 is 45.2 Å². The van der Waals surface area contributed by atoms with E-state index in [1.807, 2.05) is 91.0 Å². The number of amides is 3. The van der Waals surface area contributed by atoms with Crippen molar-refractivity contribution < 1.29 is 38.7 Å². The quantitative estimate of drug-likeness (QED) is 0.0381. The number of nitrogens with one attached hydrogen (secondary N) is 2. The van der Waals surface area contributed by atoms with Crippen LogP contribution in [0.25, 0.3) is 0 Å². The van der Waals surface area contributed by atoms with Gasteiger partial charge in [-0.3, -0.25) is 14.4 Å². The Morgan fingerprint density at radius 2 is 1.58 bits per heavy atom. The molecule has 3 N–H and O–H groups in total. The van der Waals surface area contributed by atoms with Gasteiger partial charge in [-0.2, -0.15) is 5.06 Å². The number of hydrogen-bond donors (Lipinski definition) is 3. The highest BCUT2D eigenvalue weighted by Gasteiger charge is 2.53. The van der Waals surface area contributed by atoms with Crippen LogP contribution in [-0.4, -0.2) is 94.2 Å². The van der Waals surface area contributed by atoms with Crippen molar-refractivity contribution in [3.05, 3.63) is 48.0 Å². The fraction of sp³-hybridized carbons (Fsp3) is 0.729. The highest BCUT2D eigenvalue weighted by atomic mass is 127. The van der Waals surface area contributed by atoms with E-state index in [1.165, 1.54) is 11.5 Å². The largest absolute Gasteiger partial charge is 0.461 e.